The molecule has 0 fully saturated rings. The van der Waals surface area contributed by atoms with Crippen LogP contribution >= 0.6 is 7.14 Å². The van der Waals surface area contributed by atoms with Crippen LogP contribution in [0, 0.1) is 0 Å². The molecule has 2 aliphatic heterocycles. The van der Waals surface area contributed by atoms with E-state index in [9.17, 15) is 18.1 Å². The summed E-state index contributed by atoms with van der Waals surface area (Å²) in [6.45, 7) is 1.38. The van der Waals surface area contributed by atoms with E-state index >= 15 is 0 Å². The largest absolute Gasteiger partial charge is 0.434 e. The summed E-state index contributed by atoms with van der Waals surface area (Å²) in [5, 5.41) is -0.602. The Morgan fingerprint density at radius 3 is 2.56 bits per heavy atom. The minimum absolute atomic E-state index is 0.00645. The summed E-state index contributed by atoms with van der Waals surface area (Å²) in [6.07, 6.45) is 1.86. The molecule has 0 aliphatic carbocycles. The number of carbonyl (C=O) groups excluding carboxylic acids is 1. The highest BCUT2D eigenvalue weighted by atomic mass is 31.2. The molecular formula is C29H29F2N4O3P. The number of benzene rings is 2. The Morgan fingerprint density at radius 2 is 1.90 bits per heavy atom. The zero-order chi connectivity index (χ0) is 30.4. The Bertz CT molecular complexity index is 1780. The molecular weight excluding hydrogens is 521 g/mol. The molecule has 2 aliphatic rings. The van der Waals surface area contributed by atoms with Crippen LogP contribution in [0.4, 0.5) is 8.78 Å². The van der Waals surface area contributed by atoms with Crippen molar-refractivity contribution < 1.29 is 27.0 Å². The number of carbonyl (C=O) groups is 1. The van der Waals surface area contributed by atoms with Crippen LogP contribution in [0.3, 0.4) is 0 Å². The quantitative estimate of drug-likeness (QED) is 0.258. The van der Waals surface area contributed by atoms with Gasteiger partial charge in [0.05, 0.1) is 41.1 Å². The highest BCUT2D eigenvalue weighted by Gasteiger charge is 2.45. The van der Waals surface area contributed by atoms with E-state index in [0.29, 0.717) is 22.6 Å². The van der Waals surface area contributed by atoms with Gasteiger partial charge in [-0.2, -0.15) is 8.78 Å². The van der Waals surface area contributed by atoms with Gasteiger partial charge in [0.15, 0.2) is 0 Å². The van der Waals surface area contributed by atoms with E-state index in [1.54, 1.807) is 25.6 Å². The summed E-state index contributed by atoms with van der Waals surface area (Å²) in [4.78, 5) is 23.8. The van der Waals surface area contributed by atoms with Crippen LogP contribution in [0.15, 0.2) is 54.7 Å². The second-order valence-electron chi connectivity index (χ2n) is 10.9. The molecule has 1 amide bonds. The second-order valence-corrected chi connectivity index (χ2v) is 14.7. The van der Waals surface area contributed by atoms with Crippen molar-refractivity contribution in [3.8, 4) is 16.9 Å². The van der Waals surface area contributed by atoms with Gasteiger partial charge >= 0.3 is 6.61 Å². The van der Waals surface area contributed by atoms with Crippen LogP contribution in [-0.2, 0) is 9.72 Å². The SMILES string of the molecule is [2H]C([2H])([2H])N1C(=O)c2cccc(OC(F)F)c2[C@H]2C[C@@H]1c1nc3ccc(-c4ccc(C(C)(C)P(C)(C)=O)nc4)cc3n12. The van der Waals surface area contributed by atoms with Gasteiger partial charge in [0.25, 0.3) is 5.91 Å². The van der Waals surface area contributed by atoms with Crippen LogP contribution in [-0.4, -0.2) is 52.3 Å². The zero-order valence-electron chi connectivity index (χ0n) is 24.9. The first-order valence-electron chi connectivity index (χ1n) is 14.0. The first kappa shape index (κ1) is 22.3. The van der Waals surface area contributed by atoms with Crippen molar-refractivity contribution in [2.75, 3.05) is 20.3 Å². The lowest BCUT2D eigenvalue weighted by Crippen LogP contribution is -2.30. The fraction of sp³-hybridized carbons (Fsp3) is 0.345. The maximum Gasteiger partial charge on any atom is 0.387 e. The lowest BCUT2D eigenvalue weighted by Gasteiger charge is -2.28. The van der Waals surface area contributed by atoms with E-state index in [1.807, 2.05) is 42.7 Å². The van der Waals surface area contributed by atoms with Gasteiger partial charge in [-0.05, 0) is 63.1 Å². The number of hydrogen-bond acceptors (Lipinski definition) is 5. The molecule has 2 atom stereocenters. The Morgan fingerprint density at radius 1 is 1.13 bits per heavy atom. The standard InChI is InChI=1S/C29H29F2N4O3P/c1-29(2,39(4,5)37)24-12-10-17(15-32-24)16-9-11-19-20(13-16)35-21-14-22(26(35)33-19)34(3)27(36)18-7-6-8-23(25(18)21)38-28(30)31/h6-13,15,21-22,28H,14H2,1-5H3/t21-,22-/m1/s1/i3D3. The van der Waals surface area contributed by atoms with Gasteiger partial charge in [-0.3, -0.25) is 9.78 Å². The van der Waals surface area contributed by atoms with Crippen molar-refractivity contribution in [1.82, 2.24) is 19.4 Å². The third-order valence-electron chi connectivity index (χ3n) is 8.22. The number of fused-ring (bicyclic) bond motifs is 9. The van der Waals surface area contributed by atoms with E-state index in [1.165, 1.54) is 18.2 Å². The van der Waals surface area contributed by atoms with Crippen molar-refractivity contribution in [3.63, 3.8) is 0 Å². The van der Waals surface area contributed by atoms with Gasteiger partial charge in [0.2, 0.25) is 0 Å². The van der Waals surface area contributed by atoms with Gasteiger partial charge in [0.1, 0.15) is 11.6 Å². The lowest BCUT2D eigenvalue weighted by atomic mass is 9.97. The number of alkyl halides is 2. The topological polar surface area (TPSA) is 77.3 Å². The number of amides is 1. The lowest BCUT2D eigenvalue weighted by molar-refractivity contribution is -0.0507. The molecule has 0 spiro atoms. The predicted molar refractivity (Wildman–Crippen MR) is 146 cm³/mol. The smallest absolute Gasteiger partial charge is 0.387 e. The molecule has 2 aromatic carbocycles. The summed E-state index contributed by atoms with van der Waals surface area (Å²) >= 11 is 0. The summed E-state index contributed by atoms with van der Waals surface area (Å²) in [7, 11) is -2.49. The van der Waals surface area contributed by atoms with Crippen LogP contribution < -0.4 is 4.74 Å². The molecule has 10 heteroatoms. The molecule has 0 N–H and O–H groups in total. The second kappa shape index (κ2) is 8.71. The molecule has 0 unspecified atom stereocenters. The molecule has 0 radical (unpaired) electrons. The van der Waals surface area contributed by atoms with E-state index in [0.717, 1.165) is 16.0 Å². The van der Waals surface area contributed by atoms with Gasteiger partial charge in [-0.15, -0.1) is 0 Å². The summed E-state index contributed by atoms with van der Waals surface area (Å²) < 4.78 is 70.9. The van der Waals surface area contributed by atoms with Crippen molar-refractivity contribution in [3.05, 3.63) is 77.4 Å². The fourth-order valence-electron chi connectivity index (χ4n) is 5.49. The number of aromatic nitrogens is 3. The third kappa shape index (κ3) is 3.89. The van der Waals surface area contributed by atoms with Gasteiger partial charge in [0, 0.05) is 40.4 Å². The number of hydrogen-bond donors (Lipinski definition) is 0. The van der Waals surface area contributed by atoms with E-state index in [2.05, 4.69) is 4.98 Å². The van der Waals surface area contributed by atoms with Crippen LogP contribution in [0.5, 0.6) is 5.75 Å². The molecule has 2 aromatic heterocycles. The minimum Gasteiger partial charge on any atom is -0.434 e. The normalized spacial score (nSPS) is 20.3. The Kier molecular flexibility index (Phi) is 4.97. The maximum atomic E-state index is 13.6. The average Bonchev–Trinajstić information content (AvgIpc) is 3.40. The Balaban J connectivity index is 1.52. The molecule has 0 saturated carbocycles. The van der Waals surface area contributed by atoms with E-state index < -0.39 is 43.9 Å². The number of ether oxygens (including phenoxy) is 1. The number of pyridine rings is 1. The molecule has 6 rings (SSSR count). The van der Waals surface area contributed by atoms with Gasteiger partial charge in [-0.25, -0.2) is 4.98 Å². The van der Waals surface area contributed by atoms with Crippen molar-refractivity contribution in [2.24, 2.45) is 0 Å². The average molecular weight is 554 g/mol. The summed E-state index contributed by atoms with van der Waals surface area (Å²) in [5.74, 6) is -0.593. The fourth-order valence-corrected chi connectivity index (χ4v) is 6.17. The molecule has 4 heterocycles. The maximum absolute atomic E-state index is 13.6. The summed E-state index contributed by atoms with van der Waals surface area (Å²) in [5.41, 5.74) is 3.76. The monoisotopic (exact) mass is 553 g/mol. The molecule has 2 bridgehead atoms. The van der Waals surface area contributed by atoms with E-state index in [4.69, 9.17) is 13.8 Å². The molecule has 202 valence electrons. The van der Waals surface area contributed by atoms with Crippen LogP contribution in [0.2, 0.25) is 0 Å². The first-order valence-corrected chi connectivity index (χ1v) is 15.1. The molecule has 39 heavy (non-hydrogen) atoms. The number of nitrogens with zero attached hydrogens (tertiary/aromatic N) is 4. The van der Waals surface area contributed by atoms with Crippen molar-refractivity contribution >= 4 is 24.1 Å². The van der Waals surface area contributed by atoms with Crippen molar-refractivity contribution in [1.29, 1.82) is 0 Å². The molecule has 4 aromatic rings. The Hall–Kier alpha value is -3.58. The predicted octanol–water partition coefficient (Wildman–Crippen LogP) is 6.68. The van der Waals surface area contributed by atoms with Crippen LogP contribution in [0.1, 0.15) is 63.9 Å². The Labute approximate surface area is 229 Å². The number of halogens is 2. The molecule has 0 saturated heterocycles. The highest BCUT2D eigenvalue weighted by Crippen LogP contribution is 2.57. The molecule has 7 nitrogen and oxygen atoms in total. The minimum atomic E-state index is -3.13. The number of rotatable bonds is 5. The highest BCUT2D eigenvalue weighted by molar-refractivity contribution is 7.63. The van der Waals surface area contributed by atoms with Gasteiger partial charge in [-0.1, -0.05) is 18.2 Å². The van der Waals surface area contributed by atoms with Crippen LogP contribution in [0.25, 0.3) is 22.2 Å². The van der Waals surface area contributed by atoms with E-state index in [-0.39, 0.29) is 23.3 Å². The summed E-state index contributed by atoms with van der Waals surface area (Å²) in [6, 6.07) is 12.0. The zero-order valence-corrected chi connectivity index (χ0v) is 22.7. The third-order valence-corrected chi connectivity index (χ3v) is 11.1. The first-order chi connectivity index (χ1) is 19.6. The van der Waals surface area contributed by atoms with Gasteiger partial charge < -0.3 is 18.8 Å². The van der Waals surface area contributed by atoms with Crippen molar-refractivity contribution in [2.45, 2.75) is 44.1 Å². The number of imidazole rings is 1.